The fourth-order valence-electron chi connectivity index (χ4n) is 3.70. The molecule has 3 heterocycles. The highest BCUT2D eigenvalue weighted by Crippen LogP contribution is 2.24. The minimum Gasteiger partial charge on any atom is -0.354 e. The van der Waals surface area contributed by atoms with Crippen LogP contribution in [0.1, 0.15) is 18.4 Å². The van der Waals surface area contributed by atoms with Gasteiger partial charge in [0.2, 0.25) is 11.8 Å². The third-order valence-corrected chi connectivity index (χ3v) is 5.07. The zero-order valence-corrected chi connectivity index (χ0v) is 16.1. The summed E-state index contributed by atoms with van der Waals surface area (Å²) < 4.78 is 0. The number of nitrogens with one attached hydrogen (secondary N) is 3. The van der Waals surface area contributed by atoms with Gasteiger partial charge in [-0.2, -0.15) is 0 Å². The lowest BCUT2D eigenvalue weighted by molar-refractivity contribution is -0.126. The maximum atomic E-state index is 12.3. The monoisotopic (exact) mass is 392 g/mol. The number of piperidine rings is 1. The summed E-state index contributed by atoms with van der Waals surface area (Å²) in [4.78, 5) is 38.3. The van der Waals surface area contributed by atoms with Crippen molar-refractivity contribution in [1.29, 1.82) is 0 Å². The van der Waals surface area contributed by atoms with Crippen LogP contribution in [0.2, 0.25) is 0 Å². The average Bonchev–Trinajstić information content (AvgIpc) is 3.22. The van der Waals surface area contributed by atoms with E-state index >= 15 is 0 Å². The van der Waals surface area contributed by atoms with Crippen LogP contribution in [0.3, 0.4) is 0 Å². The Labute approximate surface area is 168 Å². The molecular formula is C21H24N6O2. The predicted molar refractivity (Wildman–Crippen MR) is 110 cm³/mol. The molecule has 2 aromatic heterocycles. The molecule has 0 bridgehead atoms. The van der Waals surface area contributed by atoms with Gasteiger partial charge in [-0.25, -0.2) is 9.97 Å². The van der Waals surface area contributed by atoms with Crippen molar-refractivity contribution < 1.29 is 9.59 Å². The Morgan fingerprint density at radius 2 is 2.00 bits per heavy atom. The highest BCUT2D eigenvalue weighted by atomic mass is 16.2. The summed E-state index contributed by atoms with van der Waals surface area (Å²) in [6.45, 7) is 1.55. The molecule has 150 valence electrons. The summed E-state index contributed by atoms with van der Waals surface area (Å²) in [7, 11) is 0. The van der Waals surface area contributed by atoms with E-state index in [9.17, 15) is 9.59 Å². The predicted octanol–water partition coefficient (Wildman–Crippen LogP) is 1.40. The number of rotatable bonds is 6. The standard InChI is InChI=1S/C21H24N6O2/c28-18(11-15-5-2-1-3-6-15)23-12-19(29)26-16-7-4-10-27(13-16)21-17-8-9-22-20(17)24-14-25-21/h1-3,5-6,8-9,14,16H,4,7,10-13H2,(H,23,28)(H,26,29)(H,22,24,25)/t16-/m0/s1. The average molecular weight is 392 g/mol. The second-order valence-corrected chi connectivity index (χ2v) is 7.23. The molecule has 1 atom stereocenters. The molecule has 0 spiro atoms. The molecule has 1 saturated heterocycles. The first-order valence-electron chi connectivity index (χ1n) is 9.82. The molecule has 0 saturated carbocycles. The number of H-pyrrole nitrogens is 1. The van der Waals surface area contributed by atoms with Crippen LogP contribution in [0, 0.1) is 0 Å². The fourth-order valence-corrected chi connectivity index (χ4v) is 3.70. The largest absolute Gasteiger partial charge is 0.354 e. The minimum absolute atomic E-state index is 0.0161. The Morgan fingerprint density at radius 3 is 2.86 bits per heavy atom. The van der Waals surface area contributed by atoms with Gasteiger partial charge in [-0.3, -0.25) is 9.59 Å². The minimum atomic E-state index is -0.173. The number of carbonyl (C=O) groups excluding carboxylic acids is 2. The van der Waals surface area contributed by atoms with E-state index in [1.807, 2.05) is 42.6 Å². The van der Waals surface area contributed by atoms with E-state index in [0.717, 1.165) is 41.8 Å². The summed E-state index contributed by atoms with van der Waals surface area (Å²) in [5.41, 5.74) is 1.73. The quantitative estimate of drug-likeness (QED) is 0.588. The number of hydrogen-bond acceptors (Lipinski definition) is 5. The number of aromatic amines is 1. The van der Waals surface area contributed by atoms with Gasteiger partial charge in [0.1, 0.15) is 17.8 Å². The van der Waals surface area contributed by atoms with Gasteiger partial charge in [0.05, 0.1) is 18.4 Å². The van der Waals surface area contributed by atoms with Gasteiger partial charge in [-0.15, -0.1) is 0 Å². The lowest BCUT2D eigenvalue weighted by Gasteiger charge is -2.34. The van der Waals surface area contributed by atoms with Gasteiger partial charge >= 0.3 is 0 Å². The number of fused-ring (bicyclic) bond motifs is 1. The van der Waals surface area contributed by atoms with Gasteiger partial charge in [-0.1, -0.05) is 30.3 Å². The molecule has 29 heavy (non-hydrogen) atoms. The lowest BCUT2D eigenvalue weighted by atomic mass is 10.1. The number of hydrogen-bond donors (Lipinski definition) is 3. The van der Waals surface area contributed by atoms with Crippen LogP contribution < -0.4 is 15.5 Å². The Balaban J connectivity index is 1.28. The van der Waals surface area contributed by atoms with Gasteiger partial charge in [-0.05, 0) is 24.5 Å². The molecule has 4 rings (SSSR count). The fraction of sp³-hybridized carbons (Fsp3) is 0.333. The smallest absolute Gasteiger partial charge is 0.239 e. The Kier molecular flexibility index (Phi) is 5.69. The van der Waals surface area contributed by atoms with E-state index in [1.54, 1.807) is 6.33 Å². The molecule has 3 aromatic rings. The summed E-state index contributed by atoms with van der Waals surface area (Å²) in [5.74, 6) is 0.548. The first kappa shape index (κ1) is 18.9. The summed E-state index contributed by atoms with van der Waals surface area (Å²) in [5, 5.41) is 6.71. The maximum Gasteiger partial charge on any atom is 0.239 e. The molecule has 2 amide bonds. The maximum absolute atomic E-state index is 12.3. The Hall–Kier alpha value is -3.42. The van der Waals surface area contributed by atoms with E-state index in [1.165, 1.54) is 0 Å². The number of benzene rings is 1. The van der Waals surface area contributed by atoms with Crippen molar-refractivity contribution >= 4 is 28.7 Å². The summed E-state index contributed by atoms with van der Waals surface area (Å²) in [6, 6.07) is 11.5. The van der Waals surface area contributed by atoms with Gasteiger partial charge in [0.25, 0.3) is 0 Å². The SMILES string of the molecule is O=C(Cc1ccccc1)NCC(=O)N[C@H]1CCCN(c2ncnc3[nH]ccc23)C1. The molecule has 1 aliphatic heterocycles. The van der Waals surface area contributed by atoms with E-state index in [2.05, 4.69) is 30.5 Å². The highest BCUT2D eigenvalue weighted by molar-refractivity contribution is 5.88. The van der Waals surface area contributed by atoms with Crippen LogP contribution >= 0.6 is 0 Å². The lowest BCUT2D eigenvalue weighted by Crippen LogP contribution is -2.50. The highest BCUT2D eigenvalue weighted by Gasteiger charge is 2.24. The van der Waals surface area contributed by atoms with Crippen molar-refractivity contribution in [3.63, 3.8) is 0 Å². The molecular weight excluding hydrogens is 368 g/mol. The molecule has 3 N–H and O–H groups in total. The second-order valence-electron chi connectivity index (χ2n) is 7.23. The van der Waals surface area contributed by atoms with Gasteiger partial charge in [0, 0.05) is 25.3 Å². The van der Waals surface area contributed by atoms with Crippen LogP contribution in [-0.2, 0) is 16.0 Å². The molecule has 8 nitrogen and oxygen atoms in total. The van der Waals surface area contributed by atoms with Gasteiger partial charge < -0.3 is 20.5 Å². The zero-order chi connectivity index (χ0) is 20.1. The molecule has 8 heteroatoms. The summed E-state index contributed by atoms with van der Waals surface area (Å²) in [6.07, 6.45) is 5.54. The van der Waals surface area contributed by atoms with E-state index in [0.29, 0.717) is 6.54 Å². The Bertz CT molecular complexity index is 987. The van der Waals surface area contributed by atoms with Crippen molar-refractivity contribution in [3.05, 3.63) is 54.5 Å². The number of nitrogens with zero attached hydrogens (tertiary/aromatic N) is 3. The molecule has 1 fully saturated rings. The third kappa shape index (κ3) is 4.71. The zero-order valence-electron chi connectivity index (χ0n) is 16.1. The first-order valence-corrected chi connectivity index (χ1v) is 9.82. The van der Waals surface area contributed by atoms with E-state index < -0.39 is 0 Å². The molecule has 0 aliphatic carbocycles. The van der Waals surface area contributed by atoms with Crippen molar-refractivity contribution in [2.24, 2.45) is 0 Å². The van der Waals surface area contributed by atoms with Crippen molar-refractivity contribution in [1.82, 2.24) is 25.6 Å². The number of amides is 2. The van der Waals surface area contributed by atoms with E-state index in [-0.39, 0.29) is 30.8 Å². The normalized spacial score (nSPS) is 16.6. The van der Waals surface area contributed by atoms with Gasteiger partial charge in [0.15, 0.2) is 0 Å². The van der Waals surface area contributed by atoms with Crippen molar-refractivity contribution in [2.45, 2.75) is 25.3 Å². The number of carbonyl (C=O) groups is 2. The Morgan fingerprint density at radius 1 is 1.14 bits per heavy atom. The molecule has 0 radical (unpaired) electrons. The van der Waals surface area contributed by atoms with Crippen LogP contribution in [0.15, 0.2) is 48.9 Å². The van der Waals surface area contributed by atoms with Crippen molar-refractivity contribution in [3.8, 4) is 0 Å². The molecule has 1 aliphatic rings. The molecule has 1 aromatic carbocycles. The second kappa shape index (κ2) is 8.72. The van der Waals surface area contributed by atoms with Crippen LogP contribution in [0.5, 0.6) is 0 Å². The van der Waals surface area contributed by atoms with Crippen molar-refractivity contribution in [2.75, 3.05) is 24.5 Å². The topological polar surface area (TPSA) is 103 Å². The number of aromatic nitrogens is 3. The number of anilines is 1. The van der Waals surface area contributed by atoms with Crippen LogP contribution in [0.25, 0.3) is 11.0 Å². The summed E-state index contributed by atoms with van der Waals surface area (Å²) >= 11 is 0. The first-order chi connectivity index (χ1) is 14.2. The van der Waals surface area contributed by atoms with Crippen LogP contribution in [0.4, 0.5) is 5.82 Å². The third-order valence-electron chi connectivity index (χ3n) is 5.07. The van der Waals surface area contributed by atoms with Crippen LogP contribution in [-0.4, -0.2) is 52.4 Å². The van der Waals surface area contributed by atoms with E-state index in [4.69, 9.17) is 0 Å². The molecule has 0 unspecified atom stereocenters.